The summed E-state index contributed by atoms with van der Waals surface area (Å²) in [6.07, 6.45) is 2.39. The number of unbranched alkanes of at least 4 members (excludes halogenated alkanes) is 1. The molecule has 5 nitrogen and oxygen atoms in total. The molecule has 0 spiro atoms. The first-order valence-corrected chi connectivity index (χ1v) is 5.94. The number of carboxylic acids is 1. The molecule has 0 radical (unpaired) electrons. The second-order valence-corrected chi connectivity index (χ2v) is 5.82. The lowest BCUT2D eigenvalue weighted by molar-refractivity contribution is -0.166. The Balaban J connectivity index is 4.91. The van der Waals surface area contributed by atoms with Crippen molar-refractivity contribution in [3.63, 3.8) is 0 Å². The highest BCUT2D eigenvalue weighted by molar-refractivity contribution is 6.67. The highest BCUT2D eigenvalue weighted by Crippen LogP contribution is 2.30. The zero-order valence-corrected chi connectivity index (χ0v) is 11.3. The standard InChI is InChI=1S/C9H12Cl3NO4/c1-2-3-4-8(7(15)16,13-6-14)17-5-9(10,11)12/h2-5H2,1H3,(H,15,16). The van der Waals surface area contributed by atoms with Crippen LogP contribution in [0.15, 0.2) is 4.99 Å². The monoisotopic (exact) mass is 303 g/mol. The van der Waals surface area contributed by atoms with E-state index in [4.69, 9.17) is 44.6 Å². The average molecular weight is 305 g/mol. The van der Waals surface area contributed by atoms with E-state index in [0.717, 1.165) is 0 Å². The van der Waals surface area contributed by atoms with Crippen molar-refractivity contribution >= 4 is 46.9 Å². The molecule has 1 N–H and O–H groups in total. The molecule has 0 saturated heterocycles. The van der Waals surface area contributed by atoms with Gasteiger partial charge in [-0.05, 0) is 6.42 Å². The van der Waals surface area contributed by atoms with Gasteiger partial charge in [0.15, 0.2) is 0 Å². The van der Waals surface area contributed by atoms with Crippen LogP contribution in [-0.2, 0) is 14.3 Å². The molecule has 0 aromatic heterocycles. The number of alkyl halides is 3. The number of isocyanates is 1. The SMILES string of the molecule is CCCCC(N=C=O)(OCC(Cl)(Cl)Cl)C(=O)O. The Kier molecular flexibility index (Phi) is 7.05. The van der Waals surface area contributed by atoms with E-state index >= 15 is 0 Å². The van der Waals surface area contributed by atoms with Gasteiger partial charge in [-0.15, -0.1) is 0 Å². The molecule has 0 heterocycles. The number of rotatable bonds is 7. The maximum Gasteiger partial charge on any atom is 0.360 e. The van der Waals surface area contributed by atoms with Crippen LogP contribution in [0.5, 0.6) is 0 Å². The normalized spacial score (nSPS) is 14.8. The van der Waals surface area contributed by atoms with Crippen LogP contribution in [0.4, 0.5) is 0 Å². The smallest absolute Gasteiger partial charge is 0.360 e. The van der Waals surface area contributed by atoms with Gasteiger partial charge in [0.25, 0.3) is 5.72 Å². The minimum atomic E-state index is -2.03. The highest BCUT2D eigenvalue weighted by Gasteiger charge is 2.41. The van der Waals surface area contributed by atoms with Crippen molar-refractivity contribution < 1.29 is 19.4 Å². The Labute approximate surface area is 114 Å². The van der Waals surface area contributed by atoms with Gasteiger partial charge in [-0.1, -0.05) is 48.1 Å². The summed E-state index contributed by atoms with van der Waals surface area (Å²) in [5, 5.41) is 9.05. The Hall–Kier alpha value is -0.320. The molecule has 0 bridgehead atoms. The molecule has 98 valence electrons. The number of aliphatic imine (C=N–C) groups is 1. The van der Waals surface area contributed by atoms with E-state index < -0.39 is 22.1 Å². The third-order valence-corrected chi connectivity index (χ3v) is 2.23. The van der Waals surface area contributed by atoms with Crippen LogP contribution in [-0.4, -0.2) is 33.3 Å². The third-order valence-electron chi connectivity index (χ3n) is 1.90. The fraction of sp³-hybridized carbons (Fsp3) is 0.778. The number of hydrogen-bond acceptors (Lipinski definition) is 4. The van der Waals surface area contributed by atoms with Crippen molar-refractivity contribution in [2.75, 3.05) is 6.61 Å². The van der Waals surface area contributed by atoms with Gasteiger partial charge in [0.1, 0.15) is 0 Å². The van der Waals surface area contributed by atoms with Crippen molar-refractivity contribution in [3.8, 4) is 0 Å². The molecule has 0 aliphatic carbocycles. The molecule has 8 heteroatoms. The van der Waals surface area contributed by atoms with Crippen LogP contribution >= 0.6 is 34.8 Å². The second-order valence-electron chi connectivity index (χ2n) is 3.30. The van der Waals surface area contributed by atoms with E-state index in [1.807, 2.05) is 6.92 Å². The number of carbonyl (C=O) groups excluding carboxylic acids is 1. The molecular formula is C9H12Cl3NO4. The molecule has 0 aromatic carbocycles. The molecule has 1 unspecified atom stereocenters. The quantitative estimate of drug-likeness (QED) is 0.446. The van der Waals surface area contributed by atoms with Gasteiger partial charge in [-0.3, -0.25) is 0 Å². The highest BCUT2D eigenvalue weighted by atomic mass is 35.6. The Morgan fingerprint density at radius 2 is 2.06 bits per heavy atom. The molecular weight excluding hydrogens is 292 g/mol. The molecule has 0 rings (SSSR count). The van der Waals surface area contributed by atoms with Gasteiger partial charge in [0.2, 0.25) is 9.87 Å². The molecule has 0 aliphatic heterocycles. The van der Waals surface area contributed by atoms with Crippen LogP contribution in [0.3, 0.4) is 0 Å². The number of carboxylic acid groups (broad SMARTS) is 1. The van der Waals surface area contributed by atoms with E-state index in [1.165, 1.54) is 6.08 Å². The summed E-state index contributed by atoms with van der Waals surface area (Å²) in [6.45, 7) is 1.37. The topological polar surface area (TPSA) is 76.0 Å². The van der Waals surface area contributed by atoms with Crippen molar-refractivity contribution in [3.05, 3.63) is 0 Å². The second kappa shape index (κ2) is 7.19. The van der Waals surface area contributed by atoms with Gasteiger partial charge in [-0.25, -0.2) is 9.59 Å². The first-order chi connectivity index (χ1) is 7.77. The van der Waals surface area contributed by atoms with E-state index in [0.29, 0.717) is 12.8 Å². The number of carbonyl (C=O) groups is 1. The van der Waals surface area contributed by atoms with Crippen molar-refractivity contribution in [2.24, 2.45) is 4.99 Å². The maximum atomic E-state index is 11.1. The summed E-state index contributed by atoms with van der Waals surface area (Å²) in [6, 6.07) is 0. The van der Waals surface area contributed by atoms with Gasteiger partial charge >= 0.3 is 5.97 Å². The minimum Gasteiger partial charge on any atom is -0.478 e. The van der Waals surface area contributed by atoms with E-state index in [9.17, 15) is 9.59 Å². The minimum absolute atomic E-state index is 0.00875. The van der Waals surface area contributed by atoms with E-state index in [2.05, 4.69) is 4.99 Å². The Morgan fingerprint density at radius 1 is 1.47 bits per heavy atom. The van der Waals surface area contributed by atoms with Crippen molar-refractivity contribution in [1.29, 1.82) is 0 Å². The van der Waals surface area contributed by atoms with E-state index in [1.54, 1.807) is 0 Å². The molecule has 0 fully saturated rings. The van der Waals surface area contributed by atoms with Gasteiger partial charge < -0.3 is 9.84 Å². The molecule has 0 saturated carbocycles. The lowest BCUT2D eigenvalue weighted by atomic mass is 10.1. The first kappa shape index (κ1) is 16.7. The Morgan fingerprint density at radius 3 is 2.41 bits per heavy atom. The molecule has 0 amide bonds. The largest absolute Gasteiger partial charge is 0.478 e. The van der Waals surface area contributed by atoms with Gasteiger partial charge in [-0.2, -0.15) is 4.99 Å². The molecule has 17 heavy (non-hydrogen) atoms. The number of aliphatic carboxylic acids is 1. The number of halogens is 3. The summed E-state index contributed by atoms with van der Waals surface area (Å²) in [5.41, 5.74) is -2.03. The van der Waals surface area contributed by atoms with Crippen LogP contribution < -0.4 is 0 Å². The van der Waals surface area contributed by atoms with Crippen molar-refractivity contribution in [2.45, 2.75) is 35.7 Å². The predicted molar refractivity (Wildman–Crippen MR) is 64.3 cm³/mol. The summed E-state index contributed by atoms with van der Waals surface area (Å²) in [7, 11) is 0. The lowest BCUT2D eigenvalue weighted by Crippen LogP contribution is -2.41. The molecule has 1 atom stereocenters. The molecule has 0 aromatic rings. The fourth-order valence-electron chi connectivity index (χ4n) is 1.07. The van der Waals surface area contributed by atoms with Crippen LogP contribution in [0.1, 0.15) is 26.2 Å². The van der Waals surface area contributed by atoms with Gasteiger partial charge in [0.05, 0.1) is 6.61 Å². The van der Waals surface area contributed by atoms with Crippen LogP contribution in [0.25, 0.3) is 0 Å². The predicted octanol–water partition coefficient (Wildman–Crippen LogP) is 2.68. The first-order valence-electron chi connectivity index (χ1n) is 4.80. The Bertz CT molecular complexity index is 308. The zero-order valence-electron chi connectivity index (χ0n) is 9.08. The summed E-state index contributed by atoms with van der Waals surface area (Å²) in [4.78, 5) is 24.6. The van der Waals surface area contributed by atoms with Crippen molar-refractivity contribution in [1.82, 2.24) is 0 Å². The summed E-state index contributed by atoms with van der Waals surface area (Å²) < 4.78 is 3.20. The third kappa shape index (κ3) is 6.24. The maximum absolute atomic E-state index is 11.1. The van der Waals surface area contributed by atoms with Crippen LogP contribution in [0, 0.1) is 0 Å². The van der Waals surface area contributed by atoms with Crippen LogP contribution in [0.2, 0.25) is 0 Å². The lowest BCUT2D eigenvalue weighted by Gasteiger charge is -2.25. The summed E-state index contributed by atoms with van der Waals surface area (Å²) >= 11 is 16.4. The number of hydrogen-bond donors (Lipinski definition) is 1. The molecule has 0 aliphatic rings. The average Bonchev–Trinajstić information content (AvgIpc) is 2.21. The fourth-order valence-corrected chi connectivity index (χ4v) is 1.23. The number of ether oxygens (including phenoxy) is 1. The summed E-state index contributed by atoms with van der Waals surface area (Å²) in [5.74, 6) is -1.41. The van der Waals surface area contributed by atoms with Gasteiger partial charge in [0, 0.05) is 6.42 Å². The zero-order chi connectivity index (χ0) is 13.5. The number of nitrogens with zero attached hydrogens (tertiary/aromatic N) is 1. The van der Waals surface area contributed by atoms with E-state index in [-0.39, 0.29) is 6.42 Å².